The van der Waals surface area contributed by atoms with E-state index < -0.39 is 0 Å². The highest BCUT2D eigenvalue weighted by Gasteiger charge is 2.11. The molecular formula is C15H20N4O2. The van der Waals surface area contributed by atoms with E-state index in [2.05, 4.69) is 20.9 Å². The van der Waals surface area contributed by atoms with Crippen molar-refractivity contribution in [2.45, 2.75) is 19.9 Å². The van der Waals surface area contributed by atoms with Crippen LogP contribution in [0.25, 0.3) is 0 Å². The lowest BCUT2D eigenvalue weighted by Crippen LogP contribution is -2.39. The molecule has 2 amide bonds. The summed E-state index contributed by atoms with van der Waals surface area (Å²) in [5.41, 5.74) is 0. The Balaban J connectivity index is 1.65. The van der Waals surface area contributed by atoms with Gasteiger partial charge in [-0.05, 0) is 38.1 Å². The largest absolute Gasteiger partial charge is 0.464 e. The molecule has 0 saturated heterocycles. The first-order chi connectivity index (χ1) is 10.1. The van der Waals surface area contributed by atoms with Crippen molar-refractivity contribution >= 4 is 11.8 Å². The number of furan rings is 1. The molecule has 21 heavy (non-hydrogen) atoms. The Morgan fingerprint density at radius 3 is 2.81 bits per heavy atom. The number of aromatic nitrogens is 1. The molecule has 0 bridgehead atoms. The highest BCUT2D eigenvalue weighted by molar-refractivity contribution is 5.74. The number of pyridine rings is 1. The van der Waals surface area contributed by atoms with Gasteiger partial charge < -0.3 is 20.4 Å². The monoisotopic (exact) mass is 288 g/mol. The van der Waals surface area contributed by atoms with Gasteiger partial charge in [-0.1, -0.05) is 6.07 Å². The van der Waals surface area contributed by atoms with Gasteiger partial charge in [-0.2, -0.15) is 0 Å². The Bertz CT molecular complexity index is 568. The predicted molar refractivity (Wildman–Crippen MR) is 81.1 cm³/mol. The molecule has 1 atom stereocenters. The van der Waals surface area contributed by atoms with E-state index in [0.717, 1.165) is 17.3 Å². The third-order valence-corrected chi connectivity index (χ3v) is 2.92. The Morgan fingerprint density at radius 1 is 1.29 bits per heavy atom. The first kappa shape index (κ1) is 14.9. The number of carbonyl (C=O) groups excluding carboxylic acids is 1. The number of carbonyl (C=O) groups is 1. The molecule has 2 heterocycles. The zero-order valence-corrected chi connectivity index (χ0v) is 12.2. The van der Waals surface area contributed by atoms with Gasteiger partial charge in [-0.25, -0.2) is 9.78 Å². The van der Waals surface area contributed by atoms with Gasteiger partial charge in [0.1, 0.15) is 17.3 Å². The smallest absolute Gasteiger partial charge is 0.315 e. The summed E-state index contributed by atoms with van der Waals surface area (Å²) >= 11 is 0. The second-order valence-electron chi connectivity index (χ2n) is 4.71. The number of aryl methyl sites for hydroxylation is 1. The van der Waals surface area contributed by atoms with Crippen molar-refractivity contribution in [2.24, 2.45) is 0 Å². The van der Waals surface area contributed by atoms with Gasteiger partial charge in [-0.15, -0.1) is 0 Å². The van der Waals surface area contributed by atoms with E-state index in [1.54, 1.807) is 6.20 Å². The number of anilines is 1. The molecule has 112 valence electrons. The van der Waals surface area contributed by atoms with Crippen molar-refractivity contribution in [2.75, 3.05) is 18.4 Å². The standard InChI is InChI=1S/C15H20N4O2/c1-11-6-7-13(21-11)12(2)19-15(20)18-10-9-17-14-5-3-4-8-16-14/h3-8,12H,9-10H2,1-2H3,(H,16,17)(H2,18,19,20)/t12-/m0/s1. The topological polar surface area (TPSA) is 79.2 Å². The minimum atomic E-state index is -0.223. The summed E-state index contributed by atoms with van der Waals surface area (Å²) in [6.45, 7) is 4.87. The van der Waals surface area contributed by atoms with E-state index in [1.807, 2.05) is 44.2 Å². The summed E-state index contributed by atoms with van der Waals surface area (Å²) in [4.78, 5) is 15.9. The molecule has 3 N–H and O–H groups in total. The zero-order valence-electron chi connectivity index (χ0n) is 12.2. The molecule has 6 heteroatoms. The van der Waals surface area contributed by atoms with Crippen LogP contribution < -0.4 is 16.0 Å². The first-order valence-electron chi connectivity index (χ1n) is 6.91. The normalized spacial score (nSPS) is 11.7. The first-order valence-corrected chi connectivity index (χ1v) is 6.91. The van der Waals surface area contributed by atoms with Crippen LogP contribution in [0.2, 0.25) is 0 Å². The second-order valence-corrected chi connectivity index (χ2v) is 4.71. The number of nitrogens with one attached hydrogen (secondary N) is 3. The molecule has 2 aromatic rings. The van der Waals surface area contributed by atoms with E-state index in [4.69, 9.17) is 4.42 Å². The summed E-state index contributed by atoms with van der Waals surface area (Å²) in [5, 5.41) is 8.72. The van der Waals surface area contributed by atoms with Gasteiger partial charge in [0.25, 0.3) is 0 Å². The number of amides is 2. The van der Waals surface area contributed by atoms with Crippen molar-refractivity contribution in [3.8, 4) is 0 Å². The van der Waals surface area contributed by atoms with E-state index in [-0.39, 0.29) is 12.1 Å². The Morgan fingerprint density at radius 2 is 2.14 bits per heavy atom. The number of rotatable bonds is 6. The van der Waals surface area contributed by atoms with Crippen molar-refractivity contribution in [3.63, 3.8) is 0 Å². The molecule has 0 saturated carbocycles. The Labute approximate surface area is 124 Å². The summed E-state index contributed by atoms with van der Waals surface area (Å²) in [5.74, 6) is 2.37. The van der Waals surface area contributed by atoms with Crippen LogP contribution in [0.1, 0.15) is 24.5 Å². The number of urea groups is 1. The average molecular weight is 288 g/mol. The third-order valence-electron chi connectivity index (χ3n) is 2.92. The van der Waals surface area contributed by atoms with Crippen molar-refractivity contribution in [3.05, 3.63) is 48.0 Å². The molecule has 0 aliphatic heterocycles. The predicted octanol–water partition coefficient (Wildman–Crippen LogP) is 2.46. The van der Waals surface area contributed by atoms with Crippen LogP contribution in [0.15, 0.2) is 40.9 Å². The maximum absolute atomic E-state index is 11.7. The lowest BCUT2D eigenvalue weighted by atomic mass is 10.2. The maximum Gasteiger partial charge on any atom is 0.315 e. The molecular weight excluding hydrogens is 268 g/mol. The summed E-state index contributed by atoms with van der Waals surface area (Å²) in [7, 11) is 0. The van der Waals surface area contributed by atoms with Gasteiger partial charge in [0.05, 0.1) is 6.04 Å². The molecule has 2 rings (SSSR count). The molecule has 0 fully saturated rings. The molecule has 0 aliphatic rings. The summed E-state index contributed by atoms with van der Waals surface area (Å²) < 4.78 is 5.47. The fourth-order valence-electron chi connectivity index (χ4n) is 1.84. The van der Waals surface area contributed by atoms with Gasteiger partial charge >= 0.3 is 6.03 Å². The quantitative estimate of drug-likeness (QED) is 0.713. The highest BCUT2D eigenvalue weighted by Crippen LogP contribution is 2.15. The van der Waals surface area contributed by atoms with Crippen LogP contribution in [0.3, 0.4) is 0 Å². The fraction of sp³-hybridized carbons (Fsp3) is 0.333. The van der Waals surface area contributed by atoms with Crippen molar-refractivity contribution in [1.29, 1.82) is 0 Å². The molecule has 2 aromatic heterocycles. The van der Waals surface area contributed by atoms with Gasteiger partial charge in [0.15, 0.2) is 0 Å². The summed E-state index contributed by atoms with van der Waals surface area (Å²) in [6, 6.07) is 8.99. The summed E-state index contributed by atoms with van der Waals surface area (Å²) in [6.07, 6.45) is 1.72. The average Bonchev–Trinajstić information content (AvgIpc) is 2.91. The van der Waals surface area contributed by atoms with E-state index in [1.165, 1.54) is 0 Å². The molecule has 0 spiro atoms. The third kappa shape index (κ3) is 4.83. The SMILES string of the molecule is Cc1ccc([C@H](C)NC(=O)NCCNc2ccccn2)o1. The van der Waals surface area contributed by atoms with Crippen LogP contribution in [0.5, 0.6) is 0 Å². The zero-order chi connectivity index (χ0) is 15.1. The van der Waals surface area contributed by atoms with Gasteiger partial charge in [0.2, 0.25) is 0 Å². The van der Waals surface area contributed by atoms with Crippen molar-refractivity contribution < 1.29 is 9.21 Å². The Kier molecular flexibility index (Phi) is 5.20. The lowest BCUT2D eigenvalue weighted by Gasteiger charge is -2.13. The van der Waals surface area contributed by atoms with E-state index >= 15 is 0 Å². The van der Waals surface area contributed by atoms with Gasteiger partial charge in [0, 0.05) is 19.3 Å². The van der Waals surface area contributed by atoms with Crippen LogP contribution >= 0.6 is 0 Å². The second kappa shape index (κ2) is 7.33. The highest BCUT2D eigenvalue weighted by atomic mass is 16.3. The van der Waals surface area contributed by atoms with Crippen LogP contribution in [-0.2, 0) is 0 Å². The fourth-order valence-corrected chi connectivity index (χ4v) is 1.84. The number of hydrogen-bond donors (Lipinski definition) is 3. The molecule has 0 radical (unpaired) electrons. The molecule has 0 aromatic carbocycles. The Hall–Kier alpha value is -2.50. The molecule has 0 aliphatic carbocycles. The minimum Gasteiger partial charge on any atom is -0.464 e. The van der Waals surface area contributed by atoms with Crippen molar-refractivity contribution in [1.82, 2.24) is 15.6 Å². The number of nitrogens with zero attached hydrogens (tertiary/aromatic N) is 1. The maximum atomic E-state index is 11.7. The molecule has 0 unspecified atom stereocenters. The van der Waals surface area contributed by atoms with Gasteiger partial charge in [-0.3, -0.25) is 0 Å². The van der Waals surface area contributed by atoms with Crippen LogP contribution in [0, 0.1) is 6.92 Å². The van der Waals surface area contributed by atoms with Crippen LogP contribution in [0.4, 0.5) is 10.6 Å². The number of hydrogen-bond acceptors (Lipinski definition) is 4. The van der Waals surface area contributed by atoms with Crippen LogP contribution in [-0.4, -0.2) is 24.1 Å². The van der Waals surface area contributed by atoms with E-state index in [0.29, 0.717) is 13.1 Å². The van der Waals surface area contributed by atoms with E-state index in [9.17, 15) is 4.79 Å². The molecule has 6 nitrogen and oxygen atoms in total. The minimum absolute atomic E-state index is 0.164. The lowest BCUT2D eigenvalue weighted by molar-refractivity contribution is 0.236.